The Hall–Kier alpha value is -1.97. The zero-order valence-electron chi connectivity index (χ0n) is 17.1. The number of carbonyl (C=O) groups is 1. The van der Waals surface area contributed by atoms with Gasteiger partial charge in [-0.3, -0.25) is 4.79 Å². The molecule has 2 fully saturated rings. The van der Waals surface area contributed by atoms with Crippen LogP contribution in [0.1, 0.15) is 18.4 Å². The number of benzene rings is 2. The molecule has 1 N–H and O–H groups in total. The van der Waals surface area contributed by atoms with Crippen molar-refractivity contribution in [3.05, 3.63) is 59.1 Å². The summed E-state index contributed by atoms with van der Waals surface area (Å²) in [7, 11) is -3.79. The fourth-order valence-corrected chi connectivity index (χ4v) is 5.99. The molecule has 2 heterocycles. The molecule has 0 bridgehead atoms. The molecular weight excluding hydrogens is 440 g/mol. The highest BCUT2D eigenvalue weighted by Gasteiger charge is 2.41. The van der Waals surface area contributed by atoms with Crippen LogP contribution in [0.4, 0.5) is 5.69 Å². The number of ether oxygens (including phenoxy) is 2. The molecule has 31 heavy (non-hydrogen) atoms. The van der Waals surface area contributed by atoms with Crippen molar-refractivity contribution >= 4 is 33.2 Å². The van der Waals surface area contributed by atoms with E-state index in [0.717, 1.165) is 5.56 Å². The highest BCUT2D eigenvalue weighted by Crippen LogP contribution is 2.37. The maximum absolute atomic E-state index is 13.5. The summed E-state index contributed by atoms with van der Waals surface area (Å²) in [6.45, 7) is 2.20. The van der Waals surface area contributed by atoms with Crippen LogP contribution in [0.3, 0.4) is 0 Å². The molecule has 0 aromatic heterocycles. The monoisotopic (exact) mass is 464 g/mol. The normalized spacial score (nSPS) is 19.6. The maximum Gasteiger partial charge on any atom is 0.244 e. The Kier molecular flexibility index (Phi) is 6.64. The van der Waals surface area contributed by atoms with E-state index in [1.165, 1.54) is 16.4 Å². The topological polar surface area (TPSA) is 84.9 Å². The molecule has 166 valence electrons. The van der Waals surface area contributed by atoms with Gasteiger partial charge in [0.25, 0.3) is 0 Å². The van der Waals surface area contributed by atoms with Crippen LogP contribution in [0, 0.1) is 0 Å². The average molecular weight is 465 g/mol. The smallest absolute Gasteiger partial charge is 0.244 e. The molecule has 0 radical (unpaired) electrons. The Labute approximate surface area is 187 Å². The number of hydrogen-bond acceptors (Lipinski definition) is 5. The molecule has 4 rings (SSSR count). The number of nitrogens with one attached hydrogen (secondary N) is 1. The zero-order chi connectivity index (χ0) is 21.9. The summed E-state index contributed by atoms with van der Waals surface area (Å²) < 4.78 is 38.3. The minimum absolute atomic E-state index is 0.0189. The van der Waals surface area contributed by atoms with Crippen molar-refractivity contribution in [2.24, 2.45) is 0 Å². The van der Waals surface area contributed by atoms with Crippen LogP contribution in [0.2, 0.25) is 5.02 Å². The molecular formula is C22H25ClN2O5S. The van der Waals surface area contributed by atoms with E-state index in [1.54, 1.807) is 6.07 Å². The van der Waals surface area contributed by atoms with Crippen molar-refractivity contribution in [3.8, 4) is 0 Å². The van der Waals surface area contributed by atoms with Crippen LogP contribution in [-0.2, 0) is 29.7 Å². The number of sulfonamides is 1. The molecule has 7 nitrogen and oxygen atoms in total. The summed E-state index contributed by atoms with van der Waals surface area (Å²) in [6, 6.07) is 14.2. The van der Waals surface area contributed by atoms with Gasteiger partial charge >= 0.3 is 0 Å². The van der Waals surface area contributed by atoms with Crippen molar-refractivity contribution < 1.29 is 22.7 Å². The number of carbonyl (C=O) groups excluding carboxylic acids is 1. The number of halogens is 1. The molecule has 2 aromatic rings. The second kappa shape index (κ2) is 9.26. The molecule has 2 aliphatic rings. The lowest BCUT2D eigenvalue weighted by molar-refractivity contribution is -0.125. The molecule has 2 aliphatic heterocycles. The molecule has 0 saturated carbocycles. The Morgan fingerprint density at radius 2 is 1.61 bits per heavy atom. The van der Waals surface area contributed by atoms with Crippen molar-refractivity contribution in [1.82, 2.24) is 4.31 Å². The van der Waals surface area contributed by atoms with E-state index in [1.807, 2.05) is 30.3 Å². The first kappa shape index (κ1) is 22.2. The van der Waals surface area contributed by atoms with Crippen LogP contribution < -0.4 is 5.32 Å². The number of amides is 1. The first-order valence-electron chi connectivity index (χ1n) is 10.3. The van der Waals surface area contributed by atoms with E-state index < -0.39 is 15.4 Å². The molecule has 2 aromatic carbocycles. The Morgan fingerprint density at radius 3 is 2.29 bits per heavy atom. The number of anilines is 1. The summed E-state index contributed by atoms with van der Waals surface area (Å²) in [5, 5.41) is 3.05. The fourth-order valence-electron chi connectivity index (χ4n) is 4.08. The lowest BCUT2D eigenvalue weighted by Crippen LogP contribution is -2.44. The van der Waals surface area contributed by atoms with E-state index in [0.29, 0.717) is 45.0 Å². The Bertz CT molecular complexity index is 1030. The van der Waals surface area contributed by atoms with Gasteiger partial charge in [0.1, 0.15) is 4.90 Å². The van der Waals surface area contributed by atoms with Gasteiger partial charge in [0.2, 0.25) is 15.9 Å². The van der Waals surface area contributed by atoms with Crippen LogP contribution in [0.5, 0.6) is 0 Å². The van der Waals surface area contributed by atoms with Gasteiger partial charge in [-0.15, -0.1) is 0 Å². The Balaban J connectivity index is 1.63. The van der Waals surface area contributed by atoms with Crippen LogP contribution in [0.15, 0.2) is 53.4 Å². The third-order valence-corrected chi connectivity index (χ3v) is 8.26. The van der Waals surface area contributed by atoms with E-state index in [4.69, 9.17) is 21.1 Å². The van der Waals surface area contributed by atoms with Crippen LogP contribution >= 0.6 is 11.6 Å². The lowest BCUT2D eigenvalue weighted by Gasteiger charge is -2.36. The van der Waals surface area contributed by atoms with Gasteiger partial charge in [-0.25, -0.2) is 8.42 Å². The van der Waals surface area contributed by atoms with E-state index in [-0.39, 0.29) is 28.9 Å². The first-order valence-corrected chi connectivity index (χ1v) is 12.1. The largest absolute Gasteiger partial charge is 0.381 e. The van der Waals surface area contributed by atoms with Gasteiger partial charge in [0.05, 0.1) is 23.7 Å². The molecule has 2 saturated heterocycles. The second-order valence-corrected chi connectivity index (χ2v) is 9.99. The lowest BCUT2D eigenvalue weighted by atomic mass is 9.73. The number of morpholine rings is 1. The van der Waals surface area contributed by atoms with Crippen LogP contribution in [0.25, 0.3) is 0 Å². The summed E-state index contributed by atoms with van der Waals surface area (Å²) in [6.07, 6.45) is 1.10. The van der Waals surface area contributed by atoms with Crippen molar-refractivity contribution in [2.75, 3.05) is 44.8 Å². The fraction of sp³-hybridized carbons (Fsp3) is 0.409. The number of rotatable bonds is 5. The van der Waals surface area contributed by atoms with Gasteiger partial charge in [0.15, 0.2) is 0 Å². The minimum Gasteiger partial charge on any atom is -0.381 e. The van der Waals surface area contributed by atoms with Crippen molar-refractivity contribution in [1.29, 1.82) is 0 Å². The predicted molar refractivity (Wildman–Crippen MR) is 118 cm³/mol. The van der Waals surface area contributed by atoms with Crippen molar-refractivity contribution in [3.63, 3.8) is 0 Å². The Morgan fingerprint density at radius 1 is 0.968 bits per heavy atom. The van der Waals surface area contributed by atoms with Crippen LogP contribution in [-0.4, -0.2) is 58.1 Å². The van der Waals surface area contributed by atoms with Gasteiger partial charge in [-0.05, 0) is 36.6 Å². The third kappa shape index (κ3) is 4.49. The zero-order valence-corrected chi connectivity index (χ0v) is 18.6. The van der Waals surface area contributed by atoms with E-state index in [2.05, 4.69) is 5.32 Å². The van der Waals surface area contributed by atoms with Gasteiger partial charge < -0.3 is 14.8 Å². The molecule has 0 aliphatic carbocycles. The molecule has 0 spiro atoms. The quantitative estimate of drug-likeness (QED) is 0.735. The summed E-state index contributed by atoms with van der Waals surface area (Å²) in [5.41, 5.74) is 0.580. The second-order valence-electron chi connectivity index (χ2n) is 7.68. The summed E-state index contributed by atoms with van der Waals surface area (Å²) in [4.78, 5) is 13.4. The maximum atomic E-state index is 13.5. The van der Waals surface area contributed by atoms with E-state index >= 15 is 0 Å². The predicted octanol–water partition coefficient (Wildman–Crippen LogP) is 3.05. The number of nitrogens with zero attached hydrogens (tertiary/aromatic N) is 1. The third-order valence-electron chi connectivity index (χ3n) is 5.88. The van der Waals surface area contributed by atoms with Gasteiger partial charge in [-0.1, -0.05) is 41.9 Å². The highest BCUT2D eigenvalue weighted by atomic mass is 35.5. The minimum atomic E-state index is -3.79. The highest BCUT2D eigenvalue weighted by molar-refractivity contribution is 7.89. The van der Waals surface area contributed by atoms with E-state index in [9.17, 15) is 13.2 Å². The SMILES string of the molecule is O=C(Nc1ccc(Cl)c(S(=O)(=O)N2CCOCC2)c1)C1(c2ccccc2)CCOCC1. The number of hydrogen-bond donors (Lipinski definition) is 1. The first-order chi connectivity index (χ1) is 14.9. The summed E-state index contributed by atoms with van der Waals surface area (Å²) >= 11 is 6.24. The molecule has 1 amide bonds. The van der Waals surface area contributed by atoms with Gasteiger partial charge in [0, 0.05) is 32.0 Å². The standard InChI is InChI=1S/C22H25ClN2O5S/c23-19-7-6-18(16-20(19)31(27,28)25-10-14-30-15-11-25)24-21(26)22(8-12-29-13-9-22)17-4-2-1-3-5-17/h1-7,16H,8-15H2,(H,24,26). The molecule has 0 unspecified atom stereocenters. The van der Waals surface area contributed by atoms with Gasteiger partial charge in [-0.2, -0.15) is 4.31 Å². The summed E-state index contributed by atoms with van der Waals surface area (Å²) in [5.74, 6) is -0.181. The molecule has 9 heteroatoms. The van der Waals surface area contributed by atoms with Crippen molar-refractivity contribution in [2.45, 2.75) is 23.2 Å². The molecule has 0 atom stereocenters. The average Bonchev–Trinajstić information content (AvgIpc) is 2.81.